The number of cyclic esters (lactones) is 1. The van der Waals surface area contributed by atoms with Crippen LogP contribution in [0, 0.1) is 29.6 Å². The van der Waals surface area contributed by atoms with Crippen LogP contribution < -0.4 is 0 Å². The highest BCUT2D eigenvalue weighted by molar-refractivity contribution is 5.74. The summed E-state index contributed by atoms with van der Waals surface area (Å²) in [6.07, 6.45) is 18.2. The van der Waals surface area contributed by atoms with Crippen molar-refractivity contribution in [3.8, 4) is 23.7 Å². The molecule has 0 spiro atoms. The van der Waals surface area contributed by atoms with Gasteiger partial charge in [0.25, 0.3) is 0 Å². The van der Waals surface area contributed by atoms with Crippen molar-refractivity contribution in [2.45, 2.75) is 116 Å². The van der Waals surface area contributed by atoms with Crippen molar-refractivity contribution in [1.82, 2.24) is 0 Å². The molecule has 0 radical (unpaired) electrons. The zero-order valence-corrected chi connectivity index (χ0v) is 17.9. The van der Waals surface area contributed by atoms with E-state index in [4.69, 9.17) is 9.84 Å². The second-order valence-electron chi connectivity index (χ2n) is 7.96. The van der Waals surface area contributed by atoms with Crippen molar-refractivity contribution in [1.29, 1.82) is 0 Å². The van der Waals surface area contributed by atoms with Crippen molar-refractivity contribution in [3.63, 3.8) is 0 Å². The number of carbonyl (C=O) groups is 1. The first kappa shape index (κ1) is 24.6. The average molecular weight is 389 g/mol. The van der Waals surface area contributed by atoms with E-state index in [2.05, 4.69) is 30.6 Å². The summed E-state index contributed by atoms with van der Waals surface area (Å²) < 4.78 is 5.10. The normalized spacial score (nSPS) is 18.1. The molecule has 0 aromatic carbocycles. The Hall–Kier alpha value is -1.45. The fraction of sp³-hybridized carbons (Fsp3) is 0.800. The molecule has 1 aliphatic heterocycles. The van der Waals surface area contributed by atoms with Gasteiger partial charge in [-0.3, -0.25) is 4.79 Å². The third-order valence-electron chi connectivity index (χ3n) is 5.37. The van der Waals surface area contributed by atoms with Crippen LogP contribution in [0.25, 0.3) is 0 Å². The van der Waals surface area contributed by atoms with E-state index in [1.165, 1.54) is 70.6 Å². The van der Waals surface area contributed by atoms with Gasteiger partial charge in [-0.25, -0.2) is 0 Å². The van der Waals surface area contributed by atoms with Crippen LogP contribution in [-0.2, 0) is 9.53 Å². The lowest BCUT2D eigenvalue weighted by Crippen LogP contribution is -2.10. The molecule has 1 fully saturated rings. The Morgan fingerprint density at radius 1 is 0.857 bits per heavy atom. The van der Waals surface area contributed by atoms with Crippen LogP contribution in [-0.4, -0.2) is 23.8 Å². The van der Waals surface area contributed by atoms with Gasteiger partial charge in [0.2, 0.25) is 0 Å². The van der Waals surface area contributed by atoms with E-state index in [1.54, 1.807) is 0 Å². The molecule has 0 amide bonds. The first-order valence-electron chi connectivity index (χ1n) is 11.5. The van der Waals surface area contributed by atoms with Gasteiger partial charge >= 0.3 is 5.97 Å². The lowest BCUT2D eigenvalue weighted by atomic mass is 9.97. The summed E-state index contributed by atoms with van der Waals surface area (Å²) in [6, 6.07) is 0. The number of aliphatic hydroxyl groups excluding tert-OH is 1. The first-order chi connectivity index (χ1) is 13.8. The number of rotatable bonds is 15. The number of unbranched alkanes of at least 4 members (excludes halogenated alkanes) is 12. The van der Waals surface area contributed by atoms with Crippen LogP contribution in [0.2, 0.25) is 0 Å². The summed E-state index contributed by atoms with van der Waals surface area (Å²) in [5.74, 6) is 12.2. The molecule has 0 aromatic rings. The highest BCUT2D eigenvalue weighted by Gasteiger charge is 2.33. The molecule has 1 rings (SSSR count). The van der Waals surface area contributed by atoms with Crippen molar-refractivity contribution in [2.75, 3.05) is 6.61 Å². The van der Waals surface area contributed by atoms with E-state index in [1.807, 2.05) is 0 Å². The van der Waals surface area contributed by atoms with Crippen molar-refractivity contribution < 1.29 is 14.6 Å². The van der Waals surface area contributed by atoms with Gasteiger partial charge in [-0.1, -0.05) is 83.0 Å². The van der Waals surface area contributed by atoms with Gasteiger partial charge in [0.15, 0.2) is 0 Å². The monoisotopic (exact) mass is 388 g/mol. The number of hydrogen-bond donors (Lipinski definition) is 1. The largest absolute Gasteiger partial charge is 0.460 e. The number of ether oxygens (including phenoxy) is 1. The fourth-order valence-corrected chi connectivity index (χ4v) is 3.59. The molecule has 3 nitrogen and oxygen atoms in total. The minimum atomic E-state index is -0.259. The summed E-state index contributed by atoms with van der Waals surface area (Å²) in [7, 11) is 0. The minimum Gasteiger partial charge on any atom is -0.460 e. The van der Waals surface area contributed by atoms with Gasteiger partial charge in [-0.2, -0.15) is 0 Å². The number of esters is 1. The average Bonchev–Trinajstić information content (AvgIpc) is 3.07. The molecule has 3 heteroatoms. The lowest BCUT2D eigenvalue weighted by Gasteiger charge is -2.05. The topological polar surface area (TPSA) is 46.5 Å². The Bertz CT molecular complexity index is 517. The van der Waals surface area contributed by atoms with Crippen molar-refractivity contribution in [2.24, 2.45) is 5.92 Å². The second kappa shape index (κ2) is 17.6. The Labute approximate surface area is 173 Å². The Morgan fingerprint density at radius 2 is 1.39 bits per heavy atom. The molecule has 0 saturated carbocycles. The van der Waals surface area contributed by atoms with Crippen LogP contribution in [0.3, 0.4) is 0 Å². The van der Waals surface area contributed by atoms with E-state index in [0.717, 1.165) is 25.7 Å². The van der Waals surface area contributed by atoms with Gasteiger partial charge in [0, 0.05) is 12.8 Å². The summed E-state index contributed by atoms with van der Waals surface area (Å²) in [6.45, 7) is 2.19. The van der Waals surface area contributed by atoms with Gasteiger partial charge in [0.1, 0.15) is 6.10 Å². The highest BCUT2D eigenvalue weighted by Crippen LogP contribution is 2.26. The van der Waals surface area contributed by atoms with Crippen molar-refractivity contribution >= 4 is 5.97 Å². The molecule has 28 heavy (non-hydrogen) atoms. The maximum Gasteiger partial charge on any atom is 0.309 e. The Balaban J connectivity index is 1.83. The molecular formula is C25H40O3. The number of hydrogen-bond acceptors (Lipinski definition) is 3. The Morgan fingerprint density at radius 3 is 1.93 bits per heavy atom. The summed E-state index contributed by atoms with van der Waals surface area (Å²) in [4.78, 5) is 11.6. The van der Waals surface area contributed by atoms with Gasteiger partial charge in [-0.05, 0) is 37.5 Å². The quantitative estimate of drug-likeness (QED) is 0.219. The zero-order chi connectivity index (χ0) is 20.3. The summed E-state index contributed by atoms with van der Waals surface area (Å²) in [5, 5.41) is 9.04. The van der Waals surface area contributed by atoms with Crippen LogP contribution >= 0.6 is 0 Å². The van der Waals surface area contributed by atoms with Crippen LogP contribution in [0.1, 0.15) is 110 Å². The molecule has 1 N–H and O–H groups in total. The molecule has 158 valence electrons. The third kappa shape index (κ3) is 12.9. The van der Waals surface area contributed by atoms with Crippen molar-refractivity contribution in [3.05, 3.63) is 0 Å². The Kier molecular flexibility index (Phi) is 15.5. The molecule has 1 saturated heterocycles. The maximum absolute atomic E-state index is 11.6. The standard InChI is InChI=1S/C25H40O3/c1-2-3-4-5-6-7-8-9-10-11-12-13-14-15-16-17-18-19-20-23-21-24(22-26)28-25(23)27/h23-24,26H,2-6,11-22H2,1H3/t23-,24-/m0/s1. The summed E-state index contributed by atoms with van der Waals surface area (Å²) >= 11 is 0. The third-order valence-corrected chi connectivity index (χ3v) is 5.37. The van der Waals surface area contributed by atoms with Gasteiger partial charge < -0.3 is 9.84 Å². The lowest BCUT2D eigenvalue weighted by molar-refractivity contribution is -0.145. The maximum atomic E-state index is 11.6. The molecule has 0 bridgehead atoms. The van der Waals surface area contributed by atoms with Crippen LogP contribution in [0.15, 0.2) is 0 Å². The van der Waals surface area contributed by atoms with E-state index in [0.29, 0.717) is 6.42 Å². The van der Waals surface area contributed by atoms with Gasteiger partial charge in [0.05, 0.1) is 12.5 Å². The predicted molar refractivity (Wildman–Crippen MR) is 116 cm³/mol. The smallest absolute Gasteiger partial charge is 0.309 e. The SMILES string of the molecule is CCCCCCC#CC#CCCCCCCCCCC[C@H]1C[C@@H](CO)OC1=O. The molecule has 1 heterocycles. The predicted octanol–water partition coefficient (Wildman–Crippen LogP) is 5.79. The molecule has 0 aromatic heterocycles. The molecule has 1 aliphatic rings. The molecular weight excluding hydrogens is 348 g/mol. The van der Waals surface area contributed by atoms with Crippen LogP contribution in [0.5, 0.6) is 0 Å². The number of aliphatic hydroxyl groups is 1. The zero-order valence-electron chi connectivity index (χ0n) is 17.9. The summed E-state index contributed by atoms with van der Waals surface area (Å²) in [5.41, 5.74) is 0. The van der Waals surface area contributed by atoms with E-state index in [9.17, 15) is 4.79 Å². The van der Waals surface area contributed by atoms with E-state index >= 15 is 0 Å². The number of carbonyl (C=O) groups excluding carboxylic acids is 1. The highest BCUT2D eigenvalue weighted by atomic mass is 16.6. The minimum absolute atomic E-state index is 0.0176. The molecule has 2 atom stereocenters. The second-order valence-corrected chi connectivity index (χ2v) is 7.96. The van der Waals surface area contributed by atoms with E-state index < -0.39 is 0 Å². The first-order valence-corrected chi connectivity index (χ1v) is 11.5. The van der Waals surface area contributed by atoms with Crippen LogP contribution in [0.4, 0.5) is 0 Å². The van der Waals surface area contributed by atoms with Gasteiger partial charge in [-0.15, -0.1) is 0 Å². The molecule has 0 unspecified atom stereocenters. The fourth-order valence-electron chi connectivity index (χ4n) is 3.59. The van der Waals surface area contributed by atoms with E-state index in [-0.39, 0.29) is 24.6 Å². The molecule has 0 aliphatic carbocycles.